The number of halogens is 3. The number of alkyl halides is 2. The first kappa shape index (κ1) is 20.1. The summed E-state index contributed by atoms with van der Waals surface area (Å²) in [6.07, 6.45) is -0.931. The molecule has 11 heteroatoms. The molecule has 0 radical (unpaired) electrons. The lowest BCUT2D eigenvalue weighted by atomic mass is 10.1. The Kier molecular flexibility index (Phi) is 5.10. The van der Waals surface area contributed by atoms with Crippen molar-refractivity contribution < 1.29 is 18.5 Å². The van der Waals surface area contributed by atoms with Crippen molar-refractivity contribution in [1.82, 2.24) is 14.8 Å². The van der Waals surface area contributed by atoms with Gasteiger partial charge in [-0.3, -0.25) is 14.9 Å². The van der Waals surface area contributed by atoms with Gasteiger partial charge in [-0.05, 0) is 38.0 Å². The summed E-state index contributed by atoms with van der Waals surface area (Å²) in [6.45, 7) is 1.24. The number of nitrogens with zero attached hydrogens (tertiary/aromatic N) is 4. The third-order valence-corrected chi connectivity index (χ3v) is 5.12. The summed E-state index contributed by atoms with van der Waals surface area (Å²) in [4.78, 5) is 27.6. The minimum atomic E-state index is -2.70. The van der Waals surface area contributed by atoms with Crippen LogP contribution in [0, 0.1) is 17.0 Å². The van der Waals surface area contributed by atoms with Crippen LogP contribution in [0.2, 0.25) is 5.02 Å². The molecule has 2 aromatic heterocycles. The van der Waals surface area contributed by atoms with Gasteiger partial charge in [0.15, 0.2) is 5.65 Å². The van der Waals surface area contributed by atoms with Gasteiger partial charge in [0, 0.05) is 28.3 Å². The summed E-state index contributed by atoms with van der Waals surface area (Å²) in [5.41, 5.74) is 0.564. The van der Waals surface area contributed by atoms with Gasteiger partial charge in [0.2, 0.25) is 5.91 Å². The highest BCUT2D eigenvalue weighted by Crippen LogP contribution is 2.42. The second-order valence-electron chi connectivity index (χ2n) is 7.12. The third kappa shape index (κ3) is 3.82. The monoisotopic (exact) mass is 435 g/mol. The smallest absolute Gasteiger partial charge is 0.294 e. The van der Waals surface area contributed by atoms with Crippen LogP contribution in [0.5, 0.6) is 0 Å². The summed E-state index contributed by atoms with van der Waals surface area (Å²) in [5, 5.41) is 18.2. The van der Waals surface area contributed by atoms with E-state index in [0.717, 1.165) is 18.9 Å². The molecule has 0 spiro atoms. The number of carbonyl (C=O) groups is 1. The van der Waals surface area contributed by atoms with E-state index in [1.807, 2.05) is 0 Å². The summed E-state index contributed by atoms with van der Waals surface area (Å²) in [7, 11) is 0. The maximum Gasteiger partial charge on any atom is 0.294 e. The molecule has 0 unspecified atom stereocenters. The van der Waals surface area contributed by atoms with E-state index >= 15 is 0 Å². The lowest BCUT2D eigenvalue weighted by Crippen LogP contribution is -2.20. The Hall–Kier alpha value is -3.14. The average molecular weight is 436 g/mol. The highest BCUT2D eigenvalue weighted by Gasteiger charge is 2.29. The Balaban J connectivity index is 1.67. The second-order valence-corrected chi connectivity index (χ2v) is 7.56. The van der Waals surface area contributed by atoms with Crippen LogP contribution in [-0.4, -0.2) is 25.6 Å². The molecule has 1 aromatic carbocycles. The Morgan fingerprint density at radius 1 is 1.40 bits per heavy atom. The molecule has 8 nitrogen and oxygen atoms in total. The molecule has 0 saturated heterocycles. The van der Waals surface area contributed by atoms with Crippen LogP contribution in [0.3, 0.4) is 0 Å². The molecule has 1 aliphatic rings. The molecule has 2 heterocycles. The molecule has 1 amide bonds. The van der Waals surface area contributed by atoms with Crippen molar-refractivity contribution in [3.8, 4) is 0 Å². The zero-order chi connectivity index (χ0) is 21.6. The van der Waals surface area contributed by atoms with Crippen molar-refractivity contribution in [2.24, 2.45) is 0 Å². The van der Waals surface area contributed by atoms with Crippen LogP contribution in [0.15, 0.2) is 24.3 Å². The maximum atomic E-state index is 13.6. The van der Waals surface area contributed by atoms with Crippen molar-refractivity contribution in [3.05, 3.63) is 56.4 Å². The molecule has 0 bridgehead atoms. The van der Waals surface area contributed by atoms with Gasteiger partial charge < -0.3 is 5.32 Å². The molecular formula is C19H16ClF2N5O3. The fourth-order valence-electron chi connectivity index (χ4n) is 3.36. The van der Waals surface area contributed by atoms with Crippen molar-refractivity contribution >= 4 is 39.9 Å². The van der Waals surface area contributed by atoms with Gasteiger partial charge in [-0.15, -0.1) is 0 Å². The molecular weight excluding hydrogens is 420 g/mol. The Morgan fingerprint density at radius 2 is 2.13 bits per heavy atom. The molecule has 156 valence electrons. The first-order valence-corrected chi connectivity index (χ1v) is 9.52. The van der Waals surface area contributed by atoms with Crippen LogP contribution in [0.25, 0.3) is 11.0 Å². The van der Waals surface area contributed by atoms with Crippen LogP contribution in [0.1, 0.15) is 42.1 Å². The molecule has 0 atom stereocenters. The average Bonchev–Trinajstić information content (AvgIpc) is 3.48. The first-order valence-electron chi connectivity index (χ1n) is 9.14. The fourth-order valence-corrected chi connectivity index (χ4v) is 3.53. The van der Waals surface area contributed by atoms with Gasteiger partial charge in [0.1, 0.15) is 12.2 Å². The summed E-state index contributed by atoms with van der Waals surface area (Å²) in [6, 6.07) is 5.28. The number of nitrogens with one attached hydrogen (secondary N) is 1. The number of carbonyl (C=O) groups excluding carboxylic acids is 1. The molecule has 4 rings (SSSR count). The van der Waals surface area contributed by atoms with E-state index in [1.165, 1.54) is 22.9 Å². The maximum absolute atomic E-state index is 13.6. The number of nitro groups is 1. The van der Waals surface area contributed by atoms with Crippen molar-refractivity contribution in [3.63, 3.8) is 0 Å². The van der Waals surface area contributed by atoms with Gasteiger partial charge in [0.25, 0.3) is 12.1 Å². The van der Waals surface area contributed by atoms with E-state index in [1.54, 1.807) is 6.92 Å². The van der Waals surface area contributed by atoms with Gasteiger partial charge >= 0.3 is 0 Å². The molecule has 1 N–H and O–H groups in total. The summed E-state index contributed by atoms with van der Waals surface area (Å²) in [5.74, 6) is -0.469. The molecule has 30 heavy (non-hydrogen) atoms. The highest BCUT2D eigenvalue weighted by molar-refractivity contribution is 6.31. The second kappa shape index (κ2) is 7.60. The number of nitro benzene ring substituents is 1. The lowest BCUT2D eigenvalue weighted by molar-refractivity contribution is -0.383. The minimum Gasteiger partial charge on any atom is -0.319 e. The van der Waals surface area contributed by atoms with Crippen LogP contribution in [0.4, 0.5) is 20.2 Å². The van der Waals surface area contributed by atoms with Gasteiger partial charge in [0.05, 0.1) is 16.0 Å². The van der Waals surface area contributed by atoms with Gasteiger partial charge in [-0.25, -0.2) is 18.4 Å². The predicted molar refractivity (Wildman–Crippen MR) is 106 cm³/mol. The first-order chi connectivity index (χ1) is 14.2. The number of hydrogen-bond acceptors (Lipinski definition) is 5. The van der Waals surface area contributed by atoms with E-state index in [-0.39, 0.29) is 45.5 Å². The molecule has 3 aromatic rings. The third-order valence-electron chi connectivity index (χ3n) is 4.88. The number of rotatable bonds is 6. The normalized spacial score (nSPS) is 13.8. The predicted octanol–water partition coefficient (Wildman–Crippen LogP) is 4.76. The number of pyridine rings is 1. The van der Waals surface area contributed by atoms with Crippen molar-refractivity contribution in [2.45, 2.75) is 38.7 Å². The minimum absolute atomic E-state index is 0.0255. The number of benzene rings is 1. The van der Waals surface area contributed by atoms with E-state index in [4.69, 9.17) is 11.6 Å². The molecule has 1 saturated carbocycles. The van der Waals surface area contributed by atoms with E-state index < -0.39 is 17.3 Å². The van der Waals surface area contributed by atoms with Crippen LogP contribution in [-0.2, 0) is 11.3 Å². The largest absolute Gasteiger partial charge is 0.319 e. The number of hydrogen-bond donors (Lipinski definition) is 1. The van der Waals surface area contributed by atoms with Crippen molar-refractivity contribution in [1.29, 1.82) is 0 Å². The van der Waals surface area contributed by atoms with E-state index in [0.29, 0.717) is 11.4 Å². The van der Waals surface area contributed by atoms with Gasteiger partial charge in [-0.1, -0.05) is 11.6 Å². The zero-order valence-electron chi connectivity index (χ0n) is 15.7. The van der Waals surface area contributed by atoms with Crippen LogP contribution >= 0.6 is 11.6 Å². The fraction of sp³-hybridized carbons (Fsp3) is 0.316. The summed E-state index contributed by atoms with van der Waals surface area (Å²) >= 11 is 5.78. The number of fused-ring (bicyclic) bond motifs is 1. The Morgan fingerprint density at radius 3 is 2.77 bits per heavy atom. The molecule has 1 fully saturated rings. The Bertz CT molecular complexity index is 1180. The quantitative estimate of drug-likeness (QED) is 0.444. The Labute approximate surface area is 174 Å². The van der Waals surface area contributed by atoms with Crippen LogP contribution < -0.4 is 5.32 Å². The van der Waals surface area contributed by atoms with Gasteiger partial charge in [-0.2, -0.15) is 5.10 Å². The standard InChI is InChI=1S/C19H16ClF2N5O3/c1-9-17-12(18(21)22)7-14(10-2-3-10)24-19(17)26(25-9)8-16(28)23-13-5-4-11(20)6-15(13)27(29)30/h4-7,10,18H,2-3,8H2,1H3,(H,23,28). The zero-order valence-corrected chi connectivity index (χ0v) is 16.5. The van der Waals surface area contributed by atoms with Crippen molar-refractivity contribution in [2.75, 3.05) is 5.32 Å². The number of anilines is 1. The number of aryl methyl sites for hydroxylation is 1. The number of aromatic nitrogens is 3. The molecule has 1 aliphatic carbocycles. The topological polar surface area (TPSA) is 103 Å². The lowest BCUT2D eigenvalue weighted by Gasteiger charge is -2.09. The van der Waals surface area contributed by atoms with E-state index in [2.05, 4.69) is 15.4 Å². The summed E-state index contributed by atoms with van der Waals surface area (Å²) < 4.78 is 28.5. The number of amides is 1. The molecule has 0 aliphatic heterocycles. The SMILES string of the molecule is Cc1nn(CC(=O)Nc2ccc(Cl)cc2[N+](=O)[O-])c2nc(C3CC3)cc(C(F)F)c12. The highest BCUT2D eigenvalue weighted by atomic mass is 35.5. The van der Waals surface area contributed by atoms with E-state index in [9.17, 15) is 23.7 Å².